The van der Waals surface area contributed by atoms with Crippen LogP contribution in [-0.4, -0.2) is 25.7 Å². The first-order valence-electron chi connectivity index (χ1n) is 7.21. The van der Waals surface area contributed by atoms with E-state index in [1.165, 1.54) is 4.88 Å². The molecule has 0 atom stereocenters. The predicted octanol–water partition coefficient (Wildman–Crippen LogP) is 4.15. The quantitative estimate of drug-likeness (QED) is 0.279. The Bertz CT molecular complexity index is 593. The molecule has 2 rings (SSSR count). The molecule has 1 aromatic carbocycles. The highest BCUT2D eigenvalue weighted by Gasteiger charge is 2.01. The number of hydrogen-bond acceptors (Lipinski definition) is 3. The van der Waals surface area contributed by atoms with Gasteiger partial charge in [-0.25, -0.2) is 4.99 Å². The van der Waals surface area contributed by atoms with Gasteiger partial charge in [0.2, 0.25) is 0 Å². The molecule has 0 aliphatic rings. The average Bonchev–Trinajstić information content (AvgIpc) is 3.04. The molecule has 7 heteroatoms. The van der Waals surface area contributed by atoms with E-state index in [4.69, 9.17) is 16.3 Å². The molecule has 0 aliphatic heterocycles. The molecule has 0 bridgehead atoms. The number of ether oxygens (including phenoxy) is 1. The van der Waals surface area contributed by atoms with Crippen molar-refractivity contribution in [1.29, 1.82) is 0 Å². The van der Waals surface area contributed by atoms with Crippen molar-refractivity contribution >= 4 is 52.9 Å². The maximum Gasteiger partial charge on any atom is 0.191 e. The minimum atomic E-state index is 0. The lowest BCUT2D eigenvalue weighted by Gasteiger charge is -2.12. The molecule has 0 saturated carbocycles. The summed E-state index contributed by atoms with van der Waals surface area (Å²) < 4.78 is 5.64. The molecule has 0 fully saturated rings. The monoisotopic (exact) mass is 465 g/mol. The Labute approximate surface area is 163 Å². The number of thiophene rings is 1. The van der Waals surface area contributed by atoms with Gasteiger partial charge >= 0.3 is 0 Å². The normalized spacial score (nSPS) is 10.8. The van der Waals surface area contributed by atoms with E-state index in [0.29, 0.717) is 30.5 Å². The first-order valence-corrected chi connectivity index (χ1v) is 8.47. The fourth-order valence-corrected chi connectivity index (χ4v) is 2.61. The van der Waals surface area contributed by atoms with Crippen molar-refractivity contribution in [2.24, 2.45) is 4.99 Å². The summed E-state index contributed by atoms with van der Waals surface area (Å²) in [6, 6.07) is 11.6. The number of hydrogen-bond donors (Lipinski definition) is 2. The maximum atomic E-state index is 6.04. The van der Waals surface area contributed by atoms with Crippen molar-refractivity contribution in [2.45, 2.75) is 13.5 Å². The van der Waals surface area contributed by atoms with E-state index in [9.17, 15) is 0 Å². The zero-order valence-corrected chi connectivity index (χ0v) is 16.8. The van der Waals surface area contributed by atoms with Crippen molar-refractivity contribution in [1.82, 2.24) is 10.6 Å². The second-order valence-corrected chi connectivity index (χ2v) is 5.92. The number of para-hydroxylation sites is 1. The number of benzene rings is 1. The van der Waals surface area contributed by atoms with Gasteiger partial charge in [-0.15, -0.1) is 35.3 Å². The third kappa shape index (κ3) is 7.41. The highest BCUT2D eigenvalue weighted by atomic mass is 127. The molecule has 0 aliphatic carbocycles. The molecule has 4 nitrogen and oxygen atoms in total. The molecule has 126 valence electrons. The summed E-state index contributed by atoms with van der Waals surface area (Å²) in [5, 5.41) is 9.15. The topological polar surface area (TPSA) is 45.7 Å². The van der Waals surface area contributed by atoms with Crippen molar-refractivity contribution in [2.75, 3.05) is 19.7 Å². The number of aliphatic imine (C=N–C) groups is 1. The van der Waals surface area contributed by atoms with Gasteiger partial charge in [-0.3, -0.25) is 0 Å². The van der Waals surface area contributed by atoms with Crippen LogP contribution in [0.1, 0.15) is 11.8 Å². The Hall–Kier alpha value is -0.990. The van der Waals surface area contributed by atoms with E-state index < -0.39 is 0 Å². The van der Waals surface area contributed by atoms with Gasteiger partial charge in [0.25, 0.3) is 0 Å². The summed E-state index contributed by atoms with van der Waals surface area (Å²) in [6.45, 7) is 4.72. The van der Waals surface area contributed by atoms with Crippen LogP contribution in [0, 0.1) is 0 Å². The Morgan fingerprint density at radius 1 is 1.22 bits per heavy atom. The summed E-state index contributed by atoms with van der Waals surface area (Å²) in [4.78, 5) is 5.78. The molecule has 0 saturated heterocycles. The first kappa shape index (κ1) is 20.1. The predicted molar refractivity (Wildman–Crippen MR) is 109 cm³/mol. The van der Waals surface area contributed by atoms with E-state index in [0.717, 1.165) is 12.5 Å². The third-order valence-electron chi connectivity index (χ3n) is 2.81. The molecule has 0 spiro atoms. The Morgan fingerprint density at radius 3 is 2.74 bits per heavy atom. The molecule has 0 radical (unpaired) electrons. The number of nitrogens with zero attached hydrogens (tertiary/aromatic N) is 1. The van der Waals surface area contributed by atoms with E-state index in [1.807, 2.05) is 37.3 Å². The van der Waals surface area contributed by atoms with Crippen LogP contribution in [0.15, 0.2) is 46.8 Å². The van der Waals surface area contributed by atoms with Crippen LogP contribution in [0.2, 0.25) is 5.02 Å². The molecule has 23 heavy (non-hydrogen) atoms. The maximum absolute atomic E-state index is 6.04. The van der Waals surface area contributed by atoms with E-state index in [1.54, 1.807) is 11.3 Å². The summed E-state index contributed by atoms with van der Waals surface area (Å²) in [5.41, 5.74) is 0. The van der Waals surface area contributed by atoms with Gasteiger partial charge < -0.3 is 15.4 Å². The number of nitrogens with one attached hydrogen (secondary N) is 2. The summed E-state index contributed by atoms with van der Waals surface area (Å²) >= 11 is 7.75. The van der Waals surface area contributed by atoms with Gasteiger partial charge in [0.15, 0.2) is 5.96 Å². The Morgan fingerprint density at radius 2 is 2.04 bits per heavy atom. The van der Waals surface area contributed by atoms with Crippen molar-refractivity contribution in [3.05, 3.63) is 51.7 Å². The van der Waals surface area contributed by atoms with Gasteiger partial charge in [0.05, 0.1) is 18.1 Å². The fraction of sp³-hybridized carbons (Fsp3) is 0.312. The van der Waals surface area contributed by atoms with Crippen LogP contribution in [0.5, 0.6) is 5.75 Å². The van der Waals surface area contributed by atoms with Crippen LogP contribution >= 0.6 is 46.9 Å². The highest BCUT2D eigenvalue weighted by Crippen LogP contribution is 2.22. The molecular formula is C16H21ClIN3OS. The van der Waals surface area contributed by atoms with Crippen LogP contribution < -0.4 is 15.4 Å². The Kier molecular flexibility index (Phi) is 10.1. The van der Waals surface area contributed by atoms with Crippen molar-refractivity contribution in [3.63, 3.8) is 0 Å². The zero-order chi connectivity index (χ0) is 15.6. The fourth-order valence-electron chi connectivity index (χ4n) is 1.79. The van der Waals surface area contributed by atoms with Gasteiger partial charge in [0, 0.05) is 11.4 Å². The molecule has 2 N–H and O–H groups in total. The van der Waals surface area contributed by atoms with Crippen LogP contribution in [0.4, 0.5) is 0 Å². The Balaban J connectivity index is 0.00000264. The molecular weight excluding hydrogens is 445 g/mol. The van der Waals surface area contributed by atoms with Crippen LogP contribution in [0.25, 0.3) is 0 Å². The largest absolute Gasteiger partial charge is 0.490 e. The van der Waals surface area contributed by atoms with Crippen LogP contribution in [0.3, 0.4) is 0 Å². The molecule has 2 aromatic rings. The summed E-state index contributed by atoms with van der Waals surface area (Å²) in [7, 11) is 0. The van der Waals surface area contributed by atoms with E-state index in [-0.39, 0.29) is 24.0 Å². The molecule has 1 aromatic heterocycles. The summed E-state index contributed by atoms with van der Waals surface area (Å²) in [6.07, 6.45) is 0. The van der Waals surface area contributed by atoms with E-state index >= 15 is 0 Å². The van der Waals surface area contributed by atoms with Gasteiger partial charge in [0.1, 0.15) is 12.4 Å². The second kappa shape index (κ2) is 11.5. The second-order valence-electron chi connectivity index (χ2n) is 4.48. The molecule has 0 amide bonds. The van der Waals surface area contributed by atoms with Crippen molar-refractivity contribution < 1.29 is 4.74 Å². The van der Waals surface area contributed by atoms with Gasteiger partial charge in [-0.2, -0.15) is 0 Å². The number of guanidine groups is 1. The van der Waals surface area contributed by atoms with Crippen LogP contribution in [-0.2, 0) is 6.54 Å². The lowest BCUT2D eigenvalue weighted by Crippen LogP contribution is -2.39. The zero-order valence-electron chi connectivity index (χ0n) is 12.9. The minimum Gasteiger partial charge on any atom is -0.490 e. The molecule has 0 unspecified atom stereocenters. The molecule has 1 heterocycles. The lowest BCUT2D eigenvalue weighted by molar-refractivity contribution is 0.322. The SMILES string of the molecule is CCNC(=NCc1cccs1)NCCOc1ccccc1Cl.I. The lowest BCUT2D eigenvalue weighted by atomic mass is 10.3. The first-order chi connectivity index (χ1) is 10.8. The minimum absolute atomic E-state index is 0. The number of rotatable bonds is 7. The highest BCUT2D eigenvalue weighted by molar-refractivity contribution is 14.0. The summed E-state index contributed by atoms with van der Waals surface area (Å²) in [5.74, 6) is 1.49. The average molecular weight is 466 g/mol. The smallest absolute Gasteiger partial charge is 0.191 e. The van der Waals surface area contributed by atoms with E-state index in [2.05, 4.69) is 27.1 Å². The van der Waals surface area contributed by atoms with Gasteiger partial charge in [-0.1, -0.05) is 29.8 Å². The standard InChI is InChI=1S/C16H20ClN3OS.HI/c1-2-18-16(20-12-13-6-5-11-22-13)19-9-10-21-15-8-4-3-7-14(15)17;/h3-8,11H,2,9-10,12H2,1H3,(H2,18,19,20);1H. The van der Waals surface area contributed by atoms with Crippen molar-refractivity contribution in [3.8, 4) is 5.75 Å². The third-order valence-corrected chi connectivity index (χ3v) is 3.98. The number of halogens is 2. The van der Waals surface area contributed by atoms with Gasteiger partial charge in [-0.05, 0) is 30.5 Å².